The summed E-state index contributed by atoms with van der Waals surface area (Å²) in [5, 5.41) is 13.9. The fraction of sp³-hybridized carbons (Fsp3) is 0.673. The lowest BCUT2D eigenvalue weighted by molar-refractivity contribution is -0.870. The number of amides is 1. The fourth-order valence-electron chi connectivity index (χ4n) is 6.29. The standard InChI is InChI=1S/C52H91N2O6P/c1-6-8-10-12-14-16-18-19-20-21-22-23-24-25-26-27-28-29-30-31-32-33-34-35-36-38-40-42-44-46-52(56)53-50(49-60-61(57,58)59-48-47-54(3,4)5)51(55)45-43-41-39-37-17-15-13-11-9-7-2/h8,10,14,16,19-20,22-23,25-26,28-29,31-32,34-35,50-51,55H,6-7,9,11-13,15,17-18,21,24,27,30,33,36-49H2,1-5H3,(H-,53,56,57,58)/b10-8-,16-14-,20-19-,23-22-,26-25-,29-28-,32-31-,35-34-. The number of phosphoric ester groups is 1. The molecular formula is C52H91N2O6P. The van der Waals surface area contributed by atoms with Gasteiger partial charge in [-0.05, 0) is 77.0 Å². The van der Waals surface area contributed by atoms with Crippen LogP contribution in [0, 0.1) is 0 Å². The monoisotopic (exact) mass is 871 g/mol. The van der Waals surface area contributed by atoms with Crippen molar-refractivity contribution in [3.63, 3.8) is 0 Å². The van der Waals surface area contributed by atoms with Gasteiger partial charge in [-0.1, -0.05) is 188 Å². The predicted octanol–water partition coefficient (Wildman–Crippen LogP) is 13.3. The van der Waals surface area contributed by atoms with Crippen LogP contribution in [0.25, 0.3) is 0 Å². The number of carbonyl (C=O) groups excluding carboxylic acids is 1. The number of unbranched alkanes of at least 4 members (excludes halogenated alkanes) is 13. The third kappa shape index (κ3) is 45.3. The van der Waals surface area contributed by atoms with Crippen LogP contribution in [0.15, 0.2) is 97.2 Å². The van der Waals surface area contributed by atoms with Crippen molar-refractivity contribution < 1.29 is 32.9 Å². The normalized spacial score (nSPS) is 15.1. The van der Waals surface area contributed by atoms with Crippen LogP contribution in [-0.4, -0.2) is 68.5 Å². The average Bonchev–Trinajstić information content (AvgIpc) is 3.21. The maximum Gasteiger partial charge on any atom is 0.268 e. The lowest BCUT2D eigenvalue weighted by Gasteiger charge is -2.30. The molecule has 0 spiro atoms. The van der Waals surface area contributed by atoms with Gasteiger partial charge in [-0.3, -0.25) is 9.36 Å². The van der Waals surface area contributed by atoms with Crippen molar-refractivity contribution in [2.45, 2.75) is 187 Å². The van der Waals surface area contributed by atoms with Gasteiger partial charge in [0.2, 0.25) is 5.91 Å². The van der Waals surface area contributed by atoms with E-state index in [-0.39, 0.29) is 19.1 Å². The maximum atomic E-state index is 12.9. The lowest BCUT2D eigenvalue weighted by atomic mass is 10.0. The van der Waals surface area contributed by atoms with E-state index in [0.717, 1.165) is 103 Å². The zero-order valence-corrected chi connectivity index (χ0v) is 40.5. The van der Waals surface area contributed by atoms with E-state index in [2.05, 4.69) is 116 Å². The van der Waals surface area contributed by atoms with Gasteiger partial charge in [0, 0.05) is 6.42 Å². The Morgan fingerprint density at radius 2 is 1.00 bits per heavy atom. The van der Waals surface area contributed by atoms with E-state index in [1.807, 2.05) is 21.1 Å². The highest BCUT2D eigenvalue weighted by atomic mass is 31.2. The molecule has 9 heteroatoms. The minimum Gasteiger partial charge on any atom is -0.756 e. The van der Waals surface area contributed by atoms with Crippen LogP contribution in [0.4, 0.5) is 0 Å². The summed E-state index contributed by atoms with van der Waals surface area (Å²) in [6.45, 7) is 4.54. The highest BCUT2D eigenvalue weighted by Gasteiger charge is 2.24. The van der Waals surface area contributed by atoms with Gasteiger partial charge in [0.15, 0.2) is 0 Å². The van der Waals surface area contributed by atoms with Crippen molar-refractivity contribution in [2.24, 2.45) is 0 Å². The Balaban J connectivity index is 4.28. The summed E-state index contributed by atoms with van der Waals surface area (Å²) in [5.74, 6) is -0.196. The number of aliphatic hydroxyl groups is 1. The maximum absolute atomic E-state index is 12.9. The largest absolute Gasteiger partial charge is 0.756 e. The Morgan fingerprint density at radius 3 is 1.46 bits per heavy atom. The smallest absolute Gasteiger partial charge is 0.268 e. The van der Waals surface area contributed by atoms with E-state index in [1.54, 1.807) is 0 Å². The third-order valence-corrected chi connectivity index (χ3v) is 11.1. The Morgan fingerprint density at radius 1 is 0.590 bits per heavy atom. The molecule has 8 nitrogen and oxygen atoms in total. The van der Waals surface area contributed by atoms with Gasteiger partial charge >= 0.3 is 0 Å². The fourth-order valence-corrected chi connectivity index (χ4v) is 7.01. The predicted molar refractivity (Wildman–Crippen MR) is 260 cm³/mol. The molecule has 0 saturated heterocycles. The van der Waals surface area contributed by atoms with Crippen molar-refractivity contribution in [3.8, 4) is 0 Å². The third-order valence-electron chi connectivity index (χ3n) is 10.1. The number of quaternary nitrogens is 1. The molecule has 0 aliphatic carbocycles. The van der Waals surface area contributed by atoms with Crippen LogP contribution >= 0.6 is 7.82 Å². The van der Waals surface area contributed by atoms with Crippen molar-refractivity contribution in [3.05, 3.63) is 97.2 Å². The van der Waals surface area contributed by atoms with E-state index in [0.29, 0.717) is 23.9 Å². The molecule has 3 unspecified atom stereocenters. The van der Waals surface area contributed by atoms with Gasteiger partial charge in [0.05, 0.1) is 39.9 Å². The number of nitrogens with zero attached hydrogens (tertiary/aromatic N) is 1. The molecule has 0 aromatic rings. The van der Waals surface area contributed by atoms with Gasteiger partial charge in [-0.2, -0.15) is 0 Å². The van der Waals surface area contributed by atoms with Gasteiger partial charge in [-0.15, -0.1) is 0 Å². The molecule has 0 aromatic carbocycles. The first-order valence-electron chi connectivity index (χ1n) is 24.1. The number of likely N-dealkylation sites (N-methyl/N-ethyl adjacent to an activating group) is 1. The molecule has 2 N–H and O–H groups in total. The first-order chi connectivity index (χ1) is 29.5. The Hall–Kier alpha value is -2.58. The van der Waals surface area contributed by atoms with Crippen LogP contribution in [0.1, 0.15) is 174 Å². The number of phosphoric acid groups is 1. The Labute approximate surface area is 375 Å². The summed E-state index contributed by atoms with van der Waals surface area (Å²) in [6.07, 6.45) is 60.0. The first kappa shape index (κ1) is 58.4. The molecule has 350 valence electrons. The summed E-state index contributed by atoms with van der Waals surface area (Å²) >= 11 is 0. The number of carbonyl (C=O) groups is 1. The zero-order valence-electron chi connectivity index (χ0n) is 39.6. The van der Waals surface area contributed by atoms with Crippen LogP contribution in [0.2, 0.25) is 0 Å². The Kier molecular flexibility index (Phi) is 40.9. The molecule has 0 bridgehead atoms. The van der Waals surface area contributed by atoms with E-state index >= 15 is 0 Å². The second-order valence-corrected chi connectivity index (χ2v) is 18.5. The highest BCUT2D eigenvalue weighted by Crippen LogP contribution is 2.38. The van der Waals surface area contributed by atoms with Gasteiger partial charge < -0.3 is 28.8 Å². The van der Waals surface area contributed by atoms with E-state index < -0.39 is 20.0 Å². The van der Waals surface area contributed by atoms with Crippen LogP contribution < -0.4 is 10.2 Å². The average molecular weight is 871 g/mol. The van der Waals surface area contributed by atoms with E-state index in [4.69, 9.17) is 9.05 Å². The van der Waals surface area contributed by atoms with Gasteiger partial charge in [0.1, 0.15) is 13.2 Å². The summed E-state index contributed by atoms with van der Waals surface area (Å²) in [6, 6.07) is -0.819. The first-order valence-corrected chi connectivity index (χ1v) is 25.5. The molecule has 3 atom stereocenters. The molecule has 0 aromatic heterocycles. The molecule has 0 aliphatic rings. The lowest BCUT2D eigenvalue weighted by Crippen LogP contribution is -2.46. The number of hydrogen-bond donors (Lipinski definition) is 2. The number of nitrogens with one attached hydrogen (secondary N) is 1. The molecule has 0 rings (SSSR count). The SMILES string of the molecule is CC/C=C\C/C=C\C/C=C\C/C=C\C/C=C\C/C=C\C/C=C\C/C=C\CCCCCCC(=O)NC(COP(=O)([O-])OCC[N+](C)(C)C)C(O)CCCCCCCCCCCC. The van der Waals surface area contributed by atoms with Crippen molar-refractivity contribution in [2.75, 3.05) is 40.9 Å². The topological polar surface area (TPSA) is 108 Å². The molecule has 0 aliphatic heterocycles. The van der Waals surface area contributed by atoms with Gasteiger partial charge in [0.25, 0.3) is 7.82 Å². The molecular weight excluding hydrogens is 780 g/mol. The molecule has 1 amide bonds. The number of aliphatic hydroxyl groups excluding tert-OH is 1. The molecule has 61 heavy (non-hydrogen) atoms. The summed E-state index contributed by atoms with van der Waals surface area (Å²) < 4.78 is 23.2. The zero-order chi connectivity index (χ0) is 45.0. The quantitative estimate of drug-likeness (QED) is 0.0274. The van der Waals surface area contributed by atoms with Crippen molar-refractivity contribution in [1.29, 1.82) is 0 Å². The molecule has 0 saturated carbocycles. The highest BCUT2D eigenvalue weighted by molar-refractivity contribution is 7.45. The molecule has 0 radical (unpaired) electrons. The number of hydrogen-bond acceptors (Lipinski definition) is 6. The summed E-state index contributed by atoms with van der Waals surface area (Å²) in [7, 11) is 1.27. The second kappa shape index (κ2) is 42.7. The molecule has 0 heterocycles. The van der Waals surface area contributed by atoms with Crippen molar-refractivity contribution in [1.82, 2.24) is 5.32 Å². The summed E-state index contributed by atoms with van der Waals surface area (Å²) in [4.78, 5) is 25.3. The molecule has 0 fully saturated rings. The van der Waals surface area contributed by atoms with Crippen LogP contribution in [0.5, 0.6) is 0 Å². The minimum absolute atomic E-state index is 0.00102. The van der Waals surface area contributed by atoms with Gasteiger partial charge in [-0.25, -0.2) is 0 Å². The van der Waals surface area contributed by atoms with E-state index in [1.165, 1.54) is 44.9 Å². The summed E-state index contributed by atoms with van der Waals surface area (Å²) in [5.41, 5.74) is 0. The Bertz CT molecular complexity index is 1310. The second-order valence-electron chi connectivity index (χ2n) is 17.1. The number of rotatable bonds is 42. The number of allylic oxidation sites excluding steroid dienone is 16. The van der Waals surface area contributed by atoms with Crippen LogP contribution in [-0.2, 0) is 18.4 Å². The van der Waals surface area contributed by atoms with Crippen molar-refractivity contribution >= 4 is 13.7 Å². The van der Waals surface area contributed by atoms with E-state index in [9.17, 15) is 19.4 Å². The van der Waals surface area contributed by atoms with Crippen LogP contribution in [0.3, 0.4) is 0 Å². The minimum atomic E-state index is -4.58.